The van der Waals surface area contributed by atoms with E-state index in [1.165, 1.54) is 4.57 Å². The van der Waals surface area contributed by atoms with Crippen LogP contribution in [0.15, 0.2) is 23.1 Å². The summed E-state index contributed by atoms with van der Waals surface area (Å²) in [7, 11) is 0. The summed E-state index contributed by atoms with van der Waals surface area (Å²) in [5.74, 6) is -6.43. The zero-order valence-electron chi connectivity index (χ0n) is 22.1. The summed E-state index contributed by atoms with van der Waals surface area (Å²) in [6.45, 7) is 9.04. The quantitative estimate of drug-likeness (QED) is 0.155. The smallest absolute Gasteiger partial charge is 0.355 e. The van der Waals surface area contributed by atoms with E-state index in [-0.39, 0.29) is 28.8 Å². The molecule has 0 spiro atoms. The molecule has 8 nitrogen and oxygen atoms in total. The molecule has 4 aromatic rings. The Bertz CT molecular complexity index is 1700. The number of anilines is 2. The molecule has 0 aliphatic carbocycles. The normalized spacial score (nSPS) is 15.8. The molecular weight excluding hydrogens is 550 g/mol. The largest absolute Gasteiger partial charge is 0.395 e. The number of pyridine rings is 2. The number of hydrogen-bond donors (Lipinski definition) is 2. The van der Waals surface area contributed by atoms with E-state index in [2.05, 4.69) is 20.3 Å². The molecule has 0 radical (unpaired) electrons. The lowest BCUT2D eigenvalue weighted by Crippen LogP contribution is -2.50. The Hall–Kier alpha value is -3.77. The van der Waals surface area contributed by atoms with Crippen molar-refractivity contribution in [2.45, 2.75) is 39.7 Å². The summed E-state index contributed by atoms with van der Waals surface area (Å²) in [5.41, 5.74) is 3.81. The lowest BCUT2D eigenvalue weighted by atomic mass is 10.0. The van der Waals surface area contributed by atoms with Gasteiger partial charge in [0.1, 0.15) is 11.5 Å². The third-order valence-corrected chi connectivity index (χ3v) is 7.32. The van der Waals surface area contributed by atoms with Crippen LogP contribution in [0.3, 0.4) is 0 Å². The van der Waals surface area contributed by atoms with Crippen LogP contribution in [0, 0.1) is 30.2 Å². The predicted octanol–water partition coefficient (Wildman–Crippen LogP) is 4.86. The maximum absolute atomic E-state index is 15.8. The number of piperazine rings is 1. The zero-order valence-corrected chi connectivity index (χ0v) is 22.9. The minimum absolute atomic E-state index is 0.0521. The van der Waals surface area contributed by atoms with Crippen molar-refractivity contribution >= 4 is 34.1 Å². The fraction of sp³-hybridized carbons (Fsp3) is 0.333. The van der Waals surface area contributed by atoms with Gasteiger partial charge in [0.25, 0.3) is 0 Å². The van der Waals surface area contributed by atoms with Crippen molar-refractivity contribution in [3.05, 3.63) is 68.4 Å². The van der Waals surface area contributed by atoms with Crippen LogP contribution in [0.1, 0.15) is 37.9 Å². The van der Waals surface area contributed by atoms with Gasteiger partial charge in [-0.25, -0.2) is 31.9 Å². The van der Waals surface area contributed by atoms with Crippen molar-refractivity contribution in [1.29, 1.82) is 0 Å². The molecule has 1 aliphatic heterocycles. The molecule has 0 amide bonds. The van der Waals surface area contributed by atoms with Gasteiger partial charge in [-0.1, -0.05) is 25.4 Å². The summed E-state index contributed by atoms with van der Waals surface area (Å²) in [6, 6.07) is 2.79. The molecule has 0 unspecified atom stereocenters. The molecule has 1 fully saturated rings. The van der Waals surface area contributed by atoms with E-state index in [1.54, 1.807) is 19.2 Å². The Balaban J connectivity index is 1.93. The van der Waals surface area contributed by atoms with Gasteiger partial charge >= 0.3 is 5.69 Å². The zero-order chi connectivity index (χ0) is 29.0. The minimum Gasteiger partial charge on any atom is -0.395 e. The number of halogens is 5. The average Bonchev–Trinajstić information content (AvgIpc) is 2.91. The van der Waals surface area contributed by atoms with Crippen molar-refractivity contribution in [3.8, 4) is 16.9 Å². The summed E-state index contributed by atoms with van der Waals surface area (Å²) in [4.78, 5) is 28.7. The van der Waals surface area contributed by atoms with Crippen LogP contribution in [0.2, 0.25) is 5.02 Å². The first-order chi connectivity index (χ1) is 18.9. The van der Waals surface area contributed by atoms with Crippen LogP contribution in [0.4, 0.5) is 29.1 Å². The Labute approximate surface area is 231 Å². The summed E-state index contributed by atoms with van der Waals surface area (Å²) in [6.07, 6.45) is 1.60. The van der Waals surface area contributed by atoms with Crippen molar-refractivity contribution in [2.75, 3.05) is 30.3 Å². The number of aryl methyl sites for hydroxylation is 1. The van der Waals surface area contributed by atoms with E-state index in [0.717, 1.165) is 6.07 Å². The average molecular weight is 576 g/mol. The van der Waals surface area contributed by atoms with Crippen LogP contribution < -0.4 is 21.6 Å². The molecular formula is C27H26ClF4N7O. The van der Waals surface area contributed by atoms with Gasteiger partial charge in [0, 0.05) is 31.9 Å². The second kappa shape index (κ2) is 10.3. The topological polar surface area (TPSA) is 102 Å². The van der Waals surface area contributed by atoms with Crippen LogP contribution in [0.5, 0.6) is 0 Å². The molecule has 0 saturated carbocycles. The molecule has 210 valence electrons. The Morgan fingerprint density at radius 3 is 2.55 bits per heavy atom. The third kappa shape index (κ3) is 4.44. The van der Waals surface area contributed by atoms with E-state index < -0.39 is 50.9 Å². The number of nitrogens with two attached hydrogens (primary N) is 1. The van der Waals surface area contributed by atoms with E-state index >= 15 is 8.78 Å². The van der Waals surface area contributed by atoms with Crippen LogP contribution in [0.25, 0.3) is 28.0 Å². The first-order valence-electron chi connectivity index (χ1n) is 12.6. The number of fused-ring (bicyclic) bond motifs is 1. The number of benzene rings is 1. The highest BCUT2D eigenvalue weighted by Gasteiger charge is 2.30. The molecule has 3 aromatic heterocycles. The van der Waals surface area contributed by atoms with Gasteiger partial charge in [-0.2, -0.15) is 4.98 Å². The van der Waals surface area contributed by atoms with Gasteiger partial charge in [-0.3, -0.25) is 4.98 Å². The first-order valence-corrected chi connectivity index (χ1v) is 13.0. The van der Waals surface area contributed by atoms with Crippen molar-refractivity contribution in [1.82, 2.24) is 24.8 Å². The molecule has 5 rings (SSSR count). The van der Waals surface area contributed by atoms with Gasteiger partial charge in [-0.15, -0.1) is 0 Å². The second-order valence-corrected chi connectivity index (χ2v) is 10.5. The highest BCUT2D eigenvalue weighted by molar-refractivity contribution is 6.35. The summed E-state index contributed by atoms with van der Waals surface area (Å²) < 4.78 is 60.5. The Morgan fingerprint density at radius 1 is 1.15 bits per heavy atom. The Kier molecular flexibility index (Phi) is 7.17. The number of nitrogens with zero attached hydrogens (tertiary/aromatic N) is 5. The molecule has 13 heteroatoms. The number of nitrogen functional groups attached to an aromatic ring is 1. The third-order valence-electron chi connectivity index (χ3n) is 6.93. The van der Waals surface area contributed by atoms with Crippen molar-refractivity contribution in [3.63, 3.8) is 0 Å². The SMILES string of the molecule is Cc1ccnc(C(C)C)c1-n1c(=O)nc(N2CCN[C@H](C)C2)c2cc(F)c(-c3c(F)c(F)c(F)c(N)c3Cl)nc21. The van der Waals surface area contributed by atoms with E-state index in [9.17, 15) is 13.6 Å². The van der Waals surface area contributed by atoms with Crippen LogP contribution in [-0.4, -0.2) is 45.2 Å². The monoisotopic (exact) mass is 575 g/mol. The van der Waals surface area contributed by atoms with E-state index in [1.807, 2.05) is 25.7 Å². The van der Waals surface area contributed by atoms with Gasteiger partial charge in [-0.05, 0) is 37.5 Å². The predicted molar refractivity (Wildman–Crippen MR) is 146 cm³/mol. The Morgan fingerprint density at radius 2 is 1.88 bits per heavy atom. The molecule has 1 aromatic carbocycles. The number of hydrogen-bond acceptors (Lipinski definition) is 7. The fourth-order valence-electron chi connectivity index (χ4n) is 4.99. The highest BCUT2D eigenvalue weighted by atomic mass is 35.5. The highest BCUT2D eigenvalue weighted by Crippen LogP contribution is 2.40. The molecule has 3 N–H and O–H groups in total. The van der Waals surface area contributed by atoms with E-state index in [4.69, 9.17) is 17.3 Å². The van der Waals surface area contributed by atoms with Crippen molar-refractivity contribution < 1.29 is 17.6 Å². The minimum atomic E-state index is -1.92. The maximum atomic E-state index is 15.8. The molecule has 4 heterocycles. The molecule has 1 aliphatic rings. The lowest BCUT2D eigenvalue weighted by molar-refractivity contribution is 0.451. The molecule has 1 saturated heterocycles. The molecule has 40 heavy (non-hydrogen) atoms. The summed E-state index contributed by atoms with van der Waals surface area (Å²) in [5, 5.41) is 2.70. The number of rotatable bonds is 4. The molecule has 0 bridgehead atoms. The van der Waals surface area contributed by atoms with Gasteiger partial charge in [0.2, 0.25) is 0 Å². The van der Waals surface area contributed by atoms with Gasteiger partial charge in [0.05, 0.1) is 33.0 Å². The van der Waals surface area contributed by atoms with Crippen LogP contribution >= 0.6 is 11.6 Å². The number of nitrogens with one attached hydrogen (secondary N) is 1. The maximum Gasteiger partial charge on any atom is 0.355 e. The van der Waals surface area contributed by atoms with Crippen molar-refractivity contribution in [2.24, 2.45) is 0 Å². The fourth-order valence-corrected chi connectivity index (χ4v) is 5.25. The van der Waals surface area contributed by atoms with E-state index in [0.29, 0.717) is 36.6 Å². The van der Waals surface area contributed by atoms with Gasteiger partial charge < -0.3 is 16.0 Å². The first kappa shape index (κ1) is 27.8. The summed E-state index contributed by atoms with van der Waals surface area (Å²) >= 11 is 6.10. The molecule has 1 atom stereocenters. The van der Waals surface area contributed by atoms with Gasteiger partial charge in [0.15, 0.2) is 28.9 Å². The number of aromatic nitrogens is 4. The lowest BCUT2D eigenvalue weighted by Gasteiger charge is -2.33. The van der Waals surface area contributed by atoms with Crippen LogP contribution in [-0.2, 0) is 0 Å². The second-order valence-electron chi connectivity index (χ2n) is 10.1. The standard InChI is InChI=1S/C27H26ClF4N7O/c1-11(2)22-24(12(3)5-6-35-22)39-26-14(25(37-27(39)40)38-8-7-34-13(4)10-38)9-15(29)23(36-26)16-17(28)21(33)20(32)19(31)18(16)30/h5-6,9,11,13,34H,7-8,10,33H2,1-4H3/t13-/m1/s1.